The highest BCUT2D eigenvalue weighted by Crippen LogP contribution is 2.29. The number of nitriles is 1. The molecule has 0 spiro atoms. The highest BCUT2D eigenvalue weighted by molar-refractivity contribution is 6.42. The minimum absolute atomic E-state index is 0.0854. The monoisotopic (exact) mass is 340 g/mol. The molecule has 1 N–H and O–H groups in total. The van der Waals surface area contributed by atoms with Gasteiger partial charge >= 0.3 is 6.18 Å². The second kappa shape index (κ2) is 7.50. The van der Waals surface area contributed by atoms with E-state index in [0.29, 0.717) is 0 Å². The highest BCUT2D eigenvalue weighted by Gasteiger charge is 2.28. The molecule has 4 nitrogen and oxygen atoms in total. The average Bonchev–Trinajstić information content (AvgIpc) is 2.38. The first-order valence-electron chi connectivity index (χ1n) is 5.52. The first-order chi connectivity index (χ1) is 9.74. The quantitative estimate of drug-likeness (QED) is 0.894. The van der Waals surface area contributed by atoms with E-state index in [4.69, 9.17) is 28.5 Å². The summed E-state index contributed by atoms with van der Waals surface area (Å²) in [6.45, 7) is -2.37. The van der Waals surface area contributed by atoms with E-state index in [-0.39, 0.29) is 15.6 Å². The molecular formula is C12H9Cl2F3N2O2. The van der Waals surface area contributed by atoms with Gasteiger partial charge in [-0.2, -0.15) is 18.4 Å². The van der Waals surface area contributed by atoms with E-state index in [0.717, 1.165) is 0 Å². The van der Waals surface area contributed by atoms with Gasteiger partial charge in [0.15, 0.2) is 0 Å². The zero-order valence-corrected chi connectivity index (χ0v) is 11.9. The zero-order chi connectivity index (χ0) is 16.0. The summed E-state index contributed by atoms with van der Waals surface area (Å²) in [6, 6.07) is 5.13. The minimum Gasteiger partial charge on any atom is -0.362 e. The fourth-order valence-corrected chi connectivity index (χ4v) is 1.80. The summed E-state index contributed by atoms with van der Waals surface area (Å²) in [5, 5.41) is 11.5. The first kappa shape index (κ1) is 17.6. The number of hydrogen-bond donors (Lipinski definition) is 1. The van der Waals surface area contributed by atoms with Gasteiger partial charge in [-0.3, -0.25) is 4.79 Å². The fourth-order valence-electron chi connectivity index (χ4n) is 1.39. The topological polar surface area (TPSA) is 62.1 Å². The van der Waals surface area contributed by atoms with Gasteiger partial charge in [0.1, 0.15) is 19.3 Å². The Hall–Kier alpha value is -1.49. The molecule has 1 atom stereocenters. The number of carbonyl (C=O) groups excluding carboxylic acids is 1. The Morgan fingerprint density at radius 3 is 2.67 bits per heavy atom. The van der Waals surface area contributed by atoms with Crippen LogP contribution in [-0.2, 0) is 9.53 Å². The molecule has 0 aliphatic rings. The maximum Gasteiger partial charge on any atom is 0.411 e. The van der Waals surface area contributed by atoms with Gasteiger partial charge in [0.05, 0.1) is 16.1 Å². The second-order valence-corrected chi connectivity index (χ2v) is 4.67. The van der Waals surface area contributed by atoms with Crippen molar-refractivity contribution in [3.05, 3.63) is 33.8 Å². The average molecular weight is 341 g/mol. The summed E-state index contributed by atoms with van der Waals surface area (Å²) in [5.41, 5.74) is 0.246. The molecular weight excluding hydrogens is 332 g/mol. The summed E-state index contributed by atoms with van der Waals surface area (Å²) in [6.07, 6.45) is -4.52. The Morgan fingerprint density at radius 1 is 1.43 bits per heavy atom. The number of halogens is 5. The lowest BCUT2D eigenvalue weighted by Gasteiger charge is -2.14. The molecule has 0 heterocycles. The highest BCUT2D eigenvalue weighted by atomic mass is 35.5. The van der Waals surface area contributed by atoms with E-state index in [1.807, 2.05) is 0 Å². The van der Waals surface area contributed by atoms with Crippen LogP contribution in [-0.4, -0.2) is 25.3 Å². The van der Waals surface area contributed by atoms with Crippen LogP contribution in [0.2, 0.25) is 10.0 Å². The van der Waals surface area contributed by atoms with Crippen molar-refractivity contribution in [3.63, 3.8) is 0 Å². The van der Waals surface area contributed by atoms with Gasteiger partial charge in [-0.05, 0) is 6.07 Å². The van der Waals surface area contributed by atoms with E-state index in [2.05, 4.69) is 10.1 Å². The molecule has 0 bridgehead atoms. The van der Waals surface area contributed by atoms with Crippen LogP contribution in [0.4, 0.5) is 13.2 Å². The molecule has 0 fully saturated rings. The van der Waals surface area contributed by atoms with Crippen LogP contribution in [0.5, 0.6) is 0 Å². The predicted molar refractivity (Wildman–Crippen MR) is 69.8 cm³/mol. The maximum absolute atomic E-state index is 11.9. The number of nitrogens with one attached hydrogen (secondary N) is 1. The van der Waals surface area contributed by atoms with E-state index in [1.165, 1.54) is 18.2 Å². The molecule has 0 aliphatic heterocycles. The first-order valence-corrected chi connectivity index (χ1v) is 6.27. The lowest BCUT2D eigenvalue weighted by atomic mass is 10.1. The Kier molecular flexibility index (Phi) is 6.27. The molecule has 1 aromatic rings. The number of ether oxygens (including phenoxy) is 1. The smallest absolute Gasteiger partial charge is 0.362 e. The van der Waals surface area contributed by atoms with Crippen LogP contribution < -0.4 is 5.32 Å². The van der Waals surface area contributed by atoms with Crippen molar-refractivity contribution >= 4 is 29.1 Å². The summed E-state index contributed by atoms with van der Waals surface area (Å²) in [7, 11) is 0. The minimum atomic E-state index is -4.52. The van der Waals surface area contributed by atoms with Gasteiger partial charge in [0.25, 0.3) is 0 Å². The molecule has 0 radical (unpaired) electrons. The van der Waals surface area contributed by atoms with Crippen LogP contribution in [0.1, 0.15) is 11.6 Å². The Balaban J connectivity index is 2.65. The Morgan fingerprint density at radius 2 is 2.10 bits per heavy atom. The molecule has 114 valence electrons. The third-order valence-electron chi connectivity index (χ3n) is 2.23. The van der Waals surface area contributed by atoms with Crippen LogP contribution in [0.3, 0.4) is 0 Å². The standard InChI is InChI=1S/C12H9Cl2F3N2O2/c13-8-3-1-2-7(11(8)14)9(4-18)19-10(20)5-21-6-12(15,16)17/h1-3,9H,5-6H2,(H,19,20)/t9-/m1/s1. The molecule has 21 heavy (non-hydrogen) atoms. The van der Waals surface area contributed by atoms with E-state index < -0.39 is 31.3 Å². The Labute approximate surface area is 128 Å². The molecule has 0 unspecified atom stereocenters. The third-order valence-corrected chi connectivity index (χ3v) is 3.06. The van der Waals surface area contributed by atoms with E-state index in [1.54, 1.807) is 6.07 Å². The Bertz CT molecular complexity index is 558. The van der Waals surface area contributed by atoms with Gasteiger partial charge < -0.3 is 10.1 Å². The number of alkyl halides is 3. The van der Waals surface area contributed by atoms with Crippen molar-refractivity contribution < 1.29 is 22.7 Å². The van der Waals surface area contributed by atoms with Gasteiger partial charge in [-0.25, -0.2) is 0 Å². The van der Waals surface area contributed by atoms with Crippen molar-refractivity contribution in [3.8, 4) is 6.07 Å². The normalized spacial score (nSPS) is 12.6. The van der Waals surface area contributed by atoms with Gasteiger partial charge in [-0.1, -0.05) is 35.3 Å². The van der Waals surface area contributed by atoms with Crippen LogP contribution >= 0.6 is 23.2 Å². The molecule has 9 heteroatoms. The number of nitrogens with zero attached hydrogens (tertiary/aromatic N) is 1. The number of carbonyl (C=O) groups is 1. The molecule has 1 amide bonds. The number of hydrogen-bond acceptors (Lipinski definition) is 3. The molecule has 0 saturated heterocycles. The number of benzene rings is 1. The summed E-state index contributed by atoms with van der Waals surface area (Å²) in [4.78, 5) is 11.4. The zero-order valence-electron chi connectivity index (χ0n) is 10.4. The van der Waals surface area contributed by atoms with Crippen LogP contribution in [0.15, 0.2) is 18.2 Å². The molecule has 1 aromatic carbocycles. The van der Waals surface area contributed by atoms with Crippen LogP contribution in [0, 0.1) is 11.3 Å². The number of rotatable bonds is 5. The maximum atomic E-state index is 11.9. The van der Waals surface area contributed by atoms with Crippen molar-refractivity contribution in [2.75, 3.05) is 13.2 Å². The predicted octanol–water partition coefficient (Wildman–Crippen LogP) is 3.25. The third kappa shape index (κ3) is 5.79. The van der Waals surface area contributed by atoms with Crippen LogP contribution in [0.25, 0.3) is 0 Å². The fraction of sp³-hybridized carbons (Fsp3) is 0.333. The van der Waals surface area contributed by atoms with Gasteiger partial charge in [0, 0.05) is 5.56 Å². The SMILES string of the molecule is N#C[C@@H](NC(=O)COCC(F)(F)F)c1cccc(Cl)c1Cl. The van der Waals surface area contributed by atoms with E-state index in [9.17, 15) is 18.0 Å². The molecule has 1 rings (SSSR count). The summed E-state index contributed by atoms with van der Waals surface area (Å²) < 4.78 is 39.8. The van der Waals surface area contributed by atoms with Crippen molar-refractivity contribution in [1.29, 1.82) is 5.26 Å². The lowest BCUT2D eigenvalue weighted by molar-refractivity contribution is -0.175. The lowest BCUT2D eigenvalue weighted by Crippen LogP contribution is -2.32. The van der Waals surface area contributed by atoms with Gasteiger partial charge in [0.2, 0.25) is 5.91 Å². The van der Waals surface area contributed by atoms with Crippen molar-refractivity contribution in [1.82, 2.24) is 5.32 Å². The molecule has 0 aliphatic carbocycles. The van der Waals surface area contributed by atoms with E-state index >= 15 is 0 Å². The van der Waals surface area contributed by atoms with Crippen molar-refractivity contribution in [2.24, 2.45) is 0 Å². The van der Waals surface area contributed by atoms with Crippen molar-refractivity contribution in [2.45, 2.75) is 12.2 Å². The molecule has 0 saturated carbocycles. The molecule has 0 aromatic heterocycles. The largest absolute Gasteiger partial charge is 0.411 e. The number of amides is 1. The summed E-state index contributed by atoms with van der Waals surface area (Å²) >= 11 is 11.7. The van der Waals surface area contributed by atoms with Gasteiger partial charge in [-0.15, -0.1) is 0 Å². The second-order valence-electron chi connectivity index (χ2n) is 3.88. The summed E-state index contributed by atoms with van der Waals surface area (Å²) in [5.74, 6) is -0.873.